The van der Waals surface area contributed by atoms with Crippen molar-refractivity contribution in [3.63, 3.8) is 0 Å². The van der Waals surface area contributed by atoms with Gasteiger partial charge in [-0.25, -0.2) is 0 Å². The Hall–Kier alpha value is 1.34. The number of unbranched alkanes of at least 4 members (excludes halogenated alkanes) is 1. The van der Waals surface area contributed by atoms with E-state index in [0.717, 1.165) is 6.42 Å². The summed E-state index contributed by atoms with van der Waals surface area (Å²) >= 11 is 0. The first-order valence-electron chi connectivity index (χ1n) is 4.39. The summed E-state index contributed by atoms with van der Waals surface area (Å²) in [6.45, 7) is 10.4. The molecule has 0 spiro atoms. The van der Waals surface area contributed by atoms with Crippen molar-refractivity contribution in [2.45, 2.75) is 39.5 Å². The summed E-state index contributed by atoms with van der Waals surface area (Å²) in [6, 6.07) is 0. The fourth-order valence-electron chi connectivity index (χ4n) is 0.898. The van der Waals surface area contributed by atoms with Gasteiger partial charge in [0.1, 0.15) is 0 Å². The van der Waals surface area contributed by atoms with Crippen molar-refractivity contribution in [3.8, 4) is 0 Å². The molecule has 0 heterocycles. The third-order valence-corrected chi connectivity index (χ3v) is 1.66. The smallest absolute Gasteiger partial charge is 0.854 e. The van der Waals surface area contributed by atoms with Crippen molar-refractivity contribution in [2.75, 3.05) is 6.61 Å². The topological polar surface area (TPSA) is 23.1 Å². The van der Waals surface area contributed by atoms with E-state index in [1.807, 2.05) is 0 Å². The molecule has 0 aliphatic heterocycles. The zero-order chi connectivity index (χ0) is 9.11. The monoisotopic (exact) mass is 196 g/mol. The first-order chi connectivity index (χ1) is 5.31. The van der Waals surface area contributed by atoms with Crippen LogP contribution in [0, 0.1) is 5.92 Å². The van der Waals surface area contributed by atoms with Crippen LogP contribution in [0.4, 0.5) is 0 Å². The van der Waals surface area contributed by atoms with Gasteiger partial charge in [-0.1, -0.05) is 39.5 Å². The Bertz CT molecular complexity index is 66.9. The van der Waals surface area contributed by atoms with E-state index in [-0.39, 0.29) is 58.0 Å². The third-order valence-electron chi connectivity index (χ3n) is 1.66. The van der Waals surface area contributed by atoms with Gasteiger partial charge in [-0.2, -0.15) is 0 Å². The summed E-state index contributed by atoms with van der Waals surface area (Å²) < 4.78 is 0. The number of hydrogen-bond acceptors (Lipinski definition) is 1. The van der Waals surface area contributed by atoms with Crippen molar-refractivity contribution >= 4 is 0 Å². The Labute approximate surface area is 120 Å². The van der Waals surface area contributed by atoms with Crippen molar-refractivity contribution in [1.82, 2.24) is 0 Å². The van der Waals surface area contributed by atoms with E-state index in [1.165, 1.54) is 19.3 Å². The number of rotatable bonds is 5. The molecular weight excluding hydrogens is 175 g/mol. The van der Waals surface area contributed by atoms with Crippen LogP contribution in [0.1, 0.15) is 39.5 Å². The minimum absolute atomic E-state index is 0. The van der Waals surface area contributed by atoms with Gasteiger partial charge in [-0.15, -0.1) is 19.8 Å². The normalized spacial score (nSPS) is 10.6. The molecule has 0 saturated heterocycles. The average molecular weight is 196 g/mol. The van der Waals surface area contributed by atoms with E-state index in [1.54, 1.807) is 0 Å². The Morgan fingerprint density at radius 3 is 2.08 bits per heavy atom. The Morgan fingerprint density at radius 1 is 1.25 bits per heavy atom. The van der Waals surface area contributed by atoms with Crippen molar-refractivity contribution < 1.29 is 56.5 Å². The van der Waals surface area contributed by atoms with Crippen LogP contribution in [-0.2, 0) is 0 Å². The van der Waals surface area contributed by atoms with E-state index < -0.39 is 0 Å². The molecule has 1 atom stereocenters. The minimum Gasteiger partial charge on any atom is -0.854 e. The van der Waals surface area contributed by atoms with E-state index >= 15 is 0 Å². The maximum Gasteiger partial charge on any atom is 1.00 e. The second-order valence-corrected chi connectivity index (χ2v) is 2.74. The van der Waals surface area contributed by atoms with Gasteiger partial charge < -0.3 is 5.11 Å². The molecule has 0 saturated carbocycles. The third kappa shape index (κ3) is 17.4. The predicted molar refractivity (Wildman–Crippen MR) is 49.4 cm³/mol. The van der Waals surface area contributed by atoms with Gasteiger partial charge >= 0.3 is 51.4 Å². The fourth-order valence-corrected chi connectivity index (χ4v) is 0.898. The molecule has 0 N–H and O–H groups in total. The van der Waals surface area contributed by atoms with Gasteiger partial charge in [-0.3, -0.25) is 0 Å². The molecular formula is C10H21KO. The molecule has 12 heavy (non-hydrogen) atoms. The summed E-state index contributed by atoms with van der Waals surface area (Å²) in [4.78, 5) is 0. The largest absolute Gasteiger partial charge is 1.00 e. The summed E-state index contributed by atoms with van der Waals surface area (Å²) in [5.74, 6) is 0.655. The second kappa shape index (κ2) is 18.2. The van der Waals surface area contributed by atoms with Gasteiger partial charge in [0.05, 0.1) is 0 Å². The van der Waals surface area contributed by atoms with Crippen molar-refractivity contribution in [1.29, 1.82) is 0 Å². The van der Waals surface area contributed by atoms with Crippen LogP contribution in [0.5, 0.6) is 0 Å². The molecule has 0 radical (unpaired) electrons. The Balaban J connectivity index is -0.000000249. The van der Waals surface area contributed by atoms with E-state index in [0.29, 0.717) is 5.92 Å². The molecule has 2 heteroatoms. The van der Waals surface area contributed by atoms with E-state index in [2.05, 4.69) is 27.0 Å². The molecule has 1 unspecified atom stereocenters. The van der Waals surface area contributed by atoms with Gasteiger partial charge in [-0.05, 0) is 5.92 Å². The van der Waals surface area contributed by atoms with Crippen molar-refractivity contribution in [2.24, 2.45) is 5.92 Å². The molecule has 0 amide bonds. The first kappa shape index (κ1) is 19.0. The Kier molecular flexibility index (Phi) is 28.8. The first-order valence-corrected chi connectivity index (χ1v) is 4.39. The van der Waals surface area contributed by atoms with Gasteiger partial charge in [0.25, 0.3) is 0 Å². The van der Waals surface area contributed by atoms with Crippen LogP contribution in [-0.4, -0.2) is 6.61 Å². The quantitative estimate of drug-likeness (QED) is 0.424. The fraction of sp³-hybridized carbons (Fsp3) is 0.800. The van der Waals surface area contributed by atoms with Crippen LogP contribution in [0.25, 0.3) is 0 Å². The van der Waals surface area contributed by atoms with Crippen molar-refractivity contribution in [3.05, 3.63) is 13.2 Å². The summed E-state index contributed by atoms with van der Waals surface area (Å²) in [6.07, 6.45) is 4.63. The van der Waals surface area contributed by atoms with Crippen LogP contribution in [0.15, 0.2) is 13.2 Å². The van der Waals surface area contributed by atoms with E-state index in [9.17, 15) is 5.11 Å². The maximum atomic E-state index is 10.1. The minimum atomic E-state index is 0. The number of hydrogen-bond donors (Lipinski definition) is 0. The van der Waals surface area contributed by atoms with Crippen LogP contribution in [0.2, 0.25) is 0 Å². The Morgan fingerprint density at radius 2 is 1.75 bits per heavy atom. The standard InChI is InChI=1S/C8H17O.C2H4.K/c1-3-4-5-8(2)6-7-9;1-2;/h8H,3-7H2,1-2H3;1-2H2;/q-1;;+1. The summed E-state index contributed by atoms with van der Waals surface area (Å²) in [5, 5.41) is 10.1. The molecule has 1 nitrogen and oxygen atoms in total. The van der Waals surface area contributed by atoms with Gasteiger partial charge in [0, 0.05) is 0 Å². The maximum absolute atomic E-state index is 10.1. The SMILES string of the molecule is C=C.CCCCC(C)CC[O-].[K+]. The molecule has 0 bridgehead atoms. The molecule has 0 fully saturated rings. The zero-order valence-electron chi connectivity index (χ0n) is 8.94. The average Bonchev–Trinajstić information content (AvgIpc) is 2.05. The molecule has 0 aromatic heterocycles. The molecule has 0 rings (SSSR count). The molecule has 0 aromatic rings. The molecule has 0 aliphatic rings. The predicted octanol–water partition coefficient (Wildman–Crippen LogP) is -0.631. The van der Waals surface area contributed by atoms with Crippen LogP contribution < -0.4 is 56.5 Å². The van der Waals surface area contributed by atoms with Gasteiger partial charge in [0.2, 0.25) is 0 Å². The molecule has 0 aliphatic carbocycles. The van der Waals surface area contributed by atoms with Crippen LogP contribution in [0.3, 0.4) is 0 Å². The summed E-state index contributed by atoms with van der Waals surface area (Å²) in [5.41, 5.74) is 0. The zero-order valence-corrected chi connectivity index (χ0v) is 12.1. The van der Waals surface area contributed by atoms with Crippen LogP contribution >= 0.6 is 0 Å². The molecule has 68 valence electrons. The summed E-state index contributed by atoms with van der Waals surface area (Å²) in [7, 11) is 0. The second-order valence-electron chi connectivity index (χ2n) is 2.74. The van der Waals surface area contributed by atoms with E-state index in [4.69, 9.17) is 0 Å². The van der Waals surface area contributed by atoms with Gasteiger partial charge in [0.15, 0.2) is 0 Å². The molecule has 0 aromatic carbocycles.